The van der Waals surface area contributed by atoms with Crippen LogP contribution in [0.4, 0.5) is 5.69 Å². The zero-order chi connectivity index (χ0) is 10.8. The number of aromatic nitrogens is 2. The molecule has 5 heteroatoms. The monoisotopic (exact) mass is 245 g/mol. The maximum absolute atomic E-state index is 5.90. The molecular formula is C10H13Cl2N3. The second-order valence-corrected chi connectivity index (χ2v) is 4.65. The Morgan fingerprint density at radius 1 is 1.47 bits per heavy atom. The molecular weight excluding hydrogens is 233 g/mol. The van der Waals surface area contributed by atoms with Crippen LogP contribution in [0.2, 0.25) is 10.3 Å². The summed E-state index contributed by atoms with van der Waals surface area (Å²) in [6, 6.07) is 2.25. The number of halogens is 2. The molecule has 15 heavy (non-hydrogen) atoms. The van der Waals surface area contributed by atoms with Crippen LogP contribution in [0.25, 0.3) is 0 Å². The quantitative estimate of drug-likeness (QED) is 0.884. The van der Waals surface area contributed by atoms with Gasteiger partial charge in [0, 0.05) is 12.1 Å². The van der Waals surface area contributed by atoms with E-state index in [1.54, 1.807) is 6.07 Å². The maximum Gasteiger partial charge on any atom is 0.174 e. The van der Waals surface area contributed by atoms with E-state index < -0.39 is 0 Å². The van der Waals surface area contributed by atoms with Crippen LogP contribution in [0.5, 0.6) is 0 Å². The first-order chi connectivity index (χ1) is 7.20. The Balaban J connectivity index is 1.97. The summed E-state index contributed by atoms with van der Waals surface area (Å²) in [5, 5.41) is 11.5. The van der Waals surface area contributed by atoms with Crippen LogP contribution in [0.1, 0.15) is 26.2 Å². The Kier molecular flexibility index (Phi) is 3.32. The van der Waals surface area contributed by atoms with Crippen LogP contribution in [0.15, 0.2) is 6.07 Å². The molecule has 1 aliphatic carbocycles. The van der Waals surface area contributed by atoms with Gasteiger partial charge >= 0.3 is 0 Å². The maximum atomic E-state index is 5.90. The van der Waals surface area contributed by atoms with Crippen molar-refractivity contribution in [2.75, 3.05) is 5.32 Å². The van der Waals surface area contributed by atoms with Crippen molar-refractivity contribution in [2.24, 2.45) is 5.92 Å². The number of anilines is 1. The lowest BCUT2D eigenvalue weighted by Gasteiger charge is -2.06. The summed E-state index contributed by atoms with van der Waals surface area (Å²) < 4.78 is 0. The van der Waals surface area contributed by atoms with E-state index in [0.29, 0.717) is 16.3 Å². The molecule has 1 aliphatic rings. The highest BCUT2D eigenvalue weighted by molar-refractivity contribution is 6.33. The van der Waals surface area contributed by atoms with E-state index in [9.17, 15) is 0 Å². The first kappa shape index (κ1) is 11.0. The van der Waals surface area contributed by atoms with E-state index in [-0.39, 0.29) is 0 Å². The van der Waals surface area contributed by atoms with E-state index >= 15 is 0 Å². The molecule has 3 nitrogen and oxygen atoms in total. The average molecular weight is 246 g/mol. The molecule has 0 aromatic carbocycles. The molecule has 0 aliphatic heterocycles. The van der Waals surface area contributed by atoms with E-state index in [2.05, 4.69) is 22.4 Å². The summed E-state index contributed by atoms with van der Waals surface area (Å²) in [7, 11) is 0. The van der Waals surface area contributed by atoms with Crippen LogP contribution in [0.3, 0.4) is 0 Å². The summed E-state index contributed by atoms with van der Waals surface area (Å²) >= 11 is 11.6. The third-order valence-corrected chi connectivity index (χ3v) is 3.11. The average Bonchev–Trinajstić information content (AvgIpc) is 2.91. The second-order valence-electron chi connectivity index (χ2n) is 3.91. The minimum absolute atomic E-state index is 0.370. The van der Waals surface area contributed by atoms with Gasteiger partial charge in [-0.1, -0.05) is 36.5 Å². The predicted octanol–water partition coefficient (Wildman–Crippen LogP) is 3.38. The van der Waals surface area contributed by atoms with Crippen LogP contribution < -0.4 is 5.32 Å². The largest absolute Gasteiger partial charge is 0.379 e. The second kappa shape index (κ2) is 4.54. The zero-order valence-corrected chi connectivity index (χ0v) is 10.0. The molecule has 0 saturated heterocycles. The standard InChI is InChI=1S/C10H13Cl2N3/c1-2-3-6-4-7(6)13-8-5-9(11)14-15-10(8)12/h5-7H,2-4H2,1H3,(H,13,14). The Morgan fingerprint density at radius 2 is 2.27 bits per heavy atom. The van der Waals surface area contributed by atoms with Gasteiger partial charge in [0.05, 0.1) is 5.69 Å². The zero-order valence-electron chi connectivity index (χ0n) is 8.50. The molecule has 1 saturated carbocycles. The number of hydrogen-bond donors (Lipinski definition) is 1. The van der Waals surface area contributed by atoms with Crippen LogP contribution in [-0.2, 0) is 0 Å². The lowest BCUT2D eigenvalue weighted by atomic mass is 10.2. The van der Waals surface area contributed by atoms with Crippen molar-refractivity contribution < 1.29 is 0 Å². The van der Waals surface area contributed by atoms with Crippen molar-refractivity contribution in [1.29, 1.82) is 0 Å². The molecule has 2 rings (SSSR count). The molecule has 0 bridgehead atoms. The van der Waals surface area contributed by atoms with Crippen molar-refractivity contribution in [1.82, 2.24) is 10.2 Å². The normalized spacial score (nSPS) is 23.9. The number of hydrogen-bond acceptors (Lipinski definition) is 3. The van der Waals surface area contributed by atoms with Gasteiger partial charge in [0.2, 0.25) is 0 Å². The van der Waals surface area contributed by atoms with Gasteiger partial charge in [-0.05, 0) is 18.8 Å². The van der Waals surface area contributed by atoms with Gasteiger partial charge in [0.15, 0.2) is 10.3 Å². The topological polar surface area (TPSA) is 37.8 Å². The Bertz CT molecular complexity index is 357. The molecule has 1 fully saturated rings. The summed E-state index contributed by atoms with van der Waals surface area (Å²) in [6.45, 7) is 2.20. The van der Waals surface area contributed by atoms with Crippen molar-refractivity contribution in [2.45, 2.75) is 32.2 Å². The fourth-order valence-electron chi connectivity index (χ4n) is 1.77. The molecule has 1 aromatic heterocycles. The van der Waals surface area contributed by atoms with Gasteiger partial charge in [-0.3, -0.25) is 0 Å². The summed E-state index contributed by atoms with van der Waals surface area (Å²) in [5.41, 5.74) is 0.792. The summed E-state index contributed by atoms with van der Waals surface area (Å²) in [4.78, 5) is 0. The molecule has 1 heterocycles. The van der Waals surface area contributed by atoms with Gasteiger partial charge in [0.1, 0.15) is 0 Å². The minimum atomic E-state index is 0.370. The van der Waals surface area contributed by atoms with Gasteiger partial charge in [0.25, 0.3) is 0 Å². The molecule has 1 N–H and O–H groups in total. The van der Waals surface area contributed by atoms with Crippen molar-refractivity contribution in [3.05, 3.63) is 16.4 Å². The summed E-state index contributed by atoms with van der Waals surface area (Å²) in [6.07, 6.45) is 3.71. The van der Waals surface area contributed by atoms with E-state index in [1.807, 2.05) is 0 Å². The third-order valence-electron chi connectivity index (χ3n) is 2.64. The highest BCUT2D eigenvalue weighted by Crippen LogP contribution is 2.38. The van der Waals surface area contributed by atoms with Gasteiger partial charge in [-0.25, -0.2) is 0 Å². The first-order valence-electron chi connectivity index (χ1n) is 5.16. The molecule has 0 spiro atoms. The Labute approximate surface area is 99.2 Å². The van der Waals surface area contributed by atoms with Gasteiger partial charge in [-0.15, -0.1) is 10.2 Å². The van der Waals surface area contributed by atoms with E-state index in [0.717, 1.165) is 11.6 Å². The third kappa shape index (κ3) is 2.73. The number of rotatable bonds is 4. The van der Waals surface area contributed by atoms with Crippen LogP contribution >= 0.6 is 23.2 Å². The van der Waals surface area contributed by atoms with Crippen LogP contribution in [-0.4, -0.2) is 16.2 Å². The molecule has 0 radical (unpaired) electrons. The highest BCUT2D eigenvalue weighted by atomic mass is 35.5. The molecule has 0 amide bonds. The lowest BCUT2D eigenvalue weighted by Crippen LogP contribution is -2.06. The van der Waals surface area contributed by atoms with Gasteiger partial charge in [-0.2, -0.15) is 0 Å². The van der Waals surface area contributed by atoms with Crippen molar-refractivity contribution in [3.8, 4) is 0 Å². The predicted molar refractivity (Wildman–Crippen MR) is 62.5 cm³/mol. The fraction of sp³-hybridized carbons (Fsp3) is 0.600. The molecule has 2 unspecified atom stereocenters. The smallest absolute Gasteiger partial charge is 0.174 e. The van der Waals surface area contributed by atoms with Gasteiger partial charge < -0.3 is 5.32 Å². The Morgan fingerprint density at radius 3 is 3.00 bits per heavy atom. The Hall–Kier alpha value is -0.540. The minimum Gasteiger partial charge on any atom is -0.379 e. The van der Waals surface area contributed by atoms with Crippen molar-refractivity contribution >= 4 is 28.9 Å². The first-order valence-corrected chi connectivity index (χ1v) is 5.91. The van der Waals surface area contributed by atoms with E-state index in [4.69, 9.17) is 23.2 Å². The fourth-order valence-corrected chi connectivity index (χ4v) is 2.06. The molecule has 2 atom stereocenters. The van der Waals surface area contributed by atoms with Crippen molar-refractivity contribution in [3.63, 3.8) is 0 Å². The van der Waals surface area contributed by atoms with Crippen LogP contribution in [0, 0.1) is 5.92 Å². The number of nitrogens with one attached hydrogen (secondary N) is 1. The lowest BCUT2D eigenvalue weighted by molar-refractivity contribution is 0.692. The summed E-state index contributed by atoms with van der Waals surface area (Å²) in [5.74, 6) is 0.776. The molecule has 1 aromatic rings. The molecule has 82 valence electrons. The van der Waals surface area contributed by atoms with E-state index in [1.165, 1.54) is 19.3 Å². The SMILES string of the molecule is CCCC1CC1Nc1cc(Cl)nnc1Cl. The number of nitrogens with zero attached hydrogens (tertiary/aromatic N) is 2. The highest BCUT2D eigenvalue weighted by Gasteiger charge is 2.36.